The van der Waals surface area contributed by atoms with Crippen molar-refractivity contribution < 1.29 is 24.6 Å². The maximum Gasteiger partial charge on any atom is 0.326 e. The van der Waals surface area contributed by atoms with E-state index in [1.54, 1.807) is 0 Å². The minimum atomic E-state index is -1.46. The summed E-state index contributed by atoms with van der Waals surface area (Å²) in [6, 6.07) is -0.122. The highest BCUT2D eigenvalue weighted by atomic mass is 16.4. The van der Waals surface area contributed by atoms with E-state index < -0.39 is 30.3 Å². The van der Waals surface area contributed by atoms with Crippen LogP contribution < -0.4 is 5.32 Å². The van der Waals surface area contributed by atoms with Crippen molar-refractivity contribution in [3.63, 3.8) is 0 Å². The van der Waals surface area contributed by atoms with E-state index in [2.05, 4.69) is 15.5 Å². The summed E-state index contributed by atoms with van der Waals surface area (Å²) in [7, 11) is 0. The Labute approximate surface area is 89.3 Å². The molecule has 0 aliphatic rings. The second kappa shape index (κ2) is 4.91. The Balaban J connectivity index is 2.65. The molecular weight excluding hydrogens is 218 g/mol. The van der Waals surface area contributed by atoms with E-state index in [0.29, 0.717) is 0 Å². The molecule has 0 aromatic carbocycles. The molecule has 16 heavy (non-hydrogen) atoms. The van der Waals surface area contributed by atoms with Gasteiger partial charge in [0, 0.05) is 6.20 Å². The number of rotatable bonds is 5. The monoisotopic (exact) mass is 227 g/mol. The normalized spacial score (nSPS) is 11.8. The molecule has 0 unspecified atom stereocenters. The van der Waals surface area contributed by atoms with Crippen LogP contribution in [0.2, 0.25) is 0 Å². The van der Waals surface area contributed by atoms with Crippen LogP contribution in [-0.2, 0) is 9.59 Å². The molecule has 1 amide bonds. The lowest BCUT2D eigenvalue weighted by Gasteiger charge is -2.10. The number of hydrogen-bond donors (Lipinski definition) is 4. The van der Waals surface area contributed by atoms with Gasteiger partial charge >= 0.3 is 11.9 Å². The number of H-pyrrole nitrogens is 1. The van der Waals surface area contributed by atoms with Crippen LogP contribution in [0.3, 0.4) is 0 Å². The van der Waals surface area contributed by atoms with Crippen LogP contribution in [0.25, 0.3) is 0 Å². The predicted molar refractivity (Wildman–Crippen MR) is 49.7 cm³/mol. The summed E-state index contributed by atoms with van der Waals surface area (Å²) in [4.78, 5) is 32.3. The standard InChI is InChI=1S/C8H9N3O5/c12-6(13)3-5(8(15)16)10-7(14)4-1-2-9-11-4/h1-2,5H,3H2,(H,9,11)(H,10,14)(H,12,13)(H,15,16)/t5-/m1/s1. The third-order valence-electron chi connectivity index (χ3n) is 1.73. The number of carbonyl (C=O) groups is 3. The Kier molecular flexibility index (Phi) is 3.59. The van der Waals surface area contributed by atoms with Crippen molar-refractivity contribution in [2.45, 2.75) is 12.5 Å². The lowest BCUT2D eigenvalue weighted by molar-refractivity contribution is -0.145. The number of hydrogen-bond acceptors (Lipinski definition) is 4. The van der Waals surface area contributed by atoms with E-state index in [9.17, 15) is 14.4 Å². The van der Waals surface area contributed by atoms with Crippen molar-refractivity contribution in [1.29, 1.82) is 0 Å². The van der Waals surface area contributed by atoms with Crippen LogP contribution in [0.1, 0.15) is 16.9 Å². The average Bonchev–Trinajstić information content (AvgIpc) is 2.68. The van der Waals surface area contributed by atoms with Gasteiger partial charge in [0.2, 0.25) is 0 Å². The van der Waals surface area contributed by atoms with Crippen LogP contribution in [0.5, 0.6) is 0 Å². The molecular formula is C8H9N3O5. The molecule has 1 aromatic rings. The number of aliphatic carboxylic acids is 2. The van der Waals surface area contributed by atoms with Crippen LogP contribution in [0.15, 0.2) is 12.3 Å². The van der Waals surface area contributed by atoms with Gasteiger partial charge in [-0.3, -0.25) is 14.7 Å². The van der Waals surface area contributed by atoms with Crippen molar-refractivity contribution in [2.24, 2.45) is 0 Å². The summed E-state index contributed by atoms with van der Waals surface area (Å²) < 4.78 is 0. The molecule has 8 heteroatoms. The fraction of sp³-hybridized carbons (Fsp3) is 0.250. The van der Waals surface area contributed by atoms with Crippen LogP contribution in [0.4, 0.5) is 0 Å². The third kappa shape index (κ3) is 3.08. The summed E-state index contributed by atoms with van der Waals surface area (Å²) in [6.45, 7) is 0. The zero-order valence-corrected chi connectivity index (χ0v) is 8.01. The van der Waals surface area contributed by atoms with E-state index in [1.165, 1.54) is 12.3 Å². The summed E-state index contributed by atoms with van der Waals surface area (Å²) in [5.41, 5.74) is 0.0663. The molecule has 0 radical (unpaired) electrons. The number of aromatic nitrogens is 2. The van der Waals surface area contributed by atoms with E-state index in [4.69, 9.17) is 10.2 Å². The maximum atomic E-state index is 11.4. The van der Waals surface area contributed by atoms with Gasteiger partial charge in [0.1, 0.15) is 11.7 Å². The van der Waals surface area contributed by atoms with Gasteiger partial charge in [-0.1, -0.05) is 0 Å². The average molecular weight is 227 g/mol. The number of amides is 1. The number of carboxylic acid groups (broad SMARTS) is 2. The fourth-order valence-electron chi connectivity index (χ4n) is 0.993. The molecule has 0 fully saturated rings. The maximum absolute atomic E-state index is 11.4. The zero-order valence-electron chi connectivity index (χ0n) is 8.01. The van der Waals surface area contributed by atoms with Gasteiger partial charge in [-0.05, 0) is 6.07 Å². The molecule has 8 nitrogen and oxygen atoms in total. The van der Waals surface area contributed by atoms with E-state index in [0.717, 1.165) is 0 Å². The molecule has 0 saturated heterocycles. The van der Waals surface area contributed by atoms with Gasteiger partial charge < -0.3 is 15.5 Å². The first-order valence-corrected chi connectivity index (χ1v) is 4.25. The highest BCUT2D eigenvalue weighted by Crippen LogP contribution is 1.97. The van der Waals surface area contributed by atoms with Gasteiger partial charge in [0.05, 0.1) is 6.42 Å². The van der Waals surface area contributed by atoms with Gasteiger partial charge in [0.25, 0.3) is 5.91 Å². The summed E-state index contributed by atoms with van der Waals surface area (Å²) in [6.07, 6.45) is 0.636. The minimum absolute atomic E-state index is 0.0663. The largest absolute Gasteiger partial charge is 0.481 e. The van der Waals surface area contributed by atoms with Gasteiger partial charge in [-0.25, -0.2) is 4.79 Å². The van der Waals surface area contributed by atoms with Gasteiger partial charge in [-0.15, -0.1) is 0 Å². The summed E-state index contributed by atoms with van der Waals surface area (Å²) >= 11 is 0. The molecule has 1 heterocycles. The Hall–Kier alpha value is -2.38. The Morgan fingerprint density at radius 2 is 2.12 bits per heavy atom. The lowest BCUT2D eigenvalue weighted by atomic mass is 10.2. The highest BCUT2D eigenvalue weighted by Gasteiger charge is 2.23. The summed E-state index contributed by atoms with van der Waals surface area (Å²) in [5, 5.41) is 25.0. The first kappa shape index (κ1) is 11.7. The molecule has 0 aliphatic heterocycles. The number of carbonyl (C=O) groups excluding carboxylic acids is 1. The van der Waals surface area contributed by atoms with Gasteiger partial charge in [0.15, 0.2) is 0 Å². The van der Waals surface area contributed by atoms with E-state index in [1.807, 2.05) is 0 Å². The number of carboxylic acids is 2. The van der Waals surface area contributed by atoms with Crippen molar-refractivity contribution in [3.8, 4) is 0 Å². The molecule has 1 rings (SSSR count). The van der Waals surface area contributed by atoms with Crippen LogP contribution >= 0.6 is 0 Å². The minimum Gasteiger partial charge on any atom is -0.481 e. The Morgan fingerprint density at radius 1 is 1.44 bits per heavy atom. The Morgan fingerprint density at radius 3 is 2.56 bits per heavy atom. The summed E-state index contributed by atoms with van der Waals surface area (Å²) in [5.74, 6) is -3.43. The first-order chi connectivity index (χ1) is 7.50. The topological polar surface area (TPSA) is 132 Å². The number of aromatic amines is 1. The molecule has 1 atom stereocenters. The molecule has 0 bridgehead atoms. The number of nitrogens with zero attached hydrogens (tertiary/aromatic N) is 1. The molecule has 4 N–H and O–H groups in total. The van der Waals surface area contributed by atoms with Crippen LogP contribution in [-0.4, -0.2) is 44.3 Å². The highest BCUT2D eigenvalue weighted by molar-refractivity contribution is 5.95. The van der Waals surface area contributed by atoms with Crippen molar-refractivity contribution in [2.75, 3.05) is 0 Å². The fourth-order valence-corrected chi connectivity index (χ4v) is 0.993. The smallest absolute Gasteiger partial charge is 0.326 e. The van der Waals surface area contributed by atoms with E-state index >= 15 is 0 Å². The second-order valence-electron chi connectivity index (χ2n) is 2.93. The predicted octanol–water partition coefficient (Wildman–Crippen LogP) is -0.933. The molecule has 0 spiro atoms. The quantitative estimate of drug-likeness (QED) is 0.513. The zero-order chi connectivity index (χ0) is 12.1. The first-order valence-electron chi connectivity index (χ1n) is 4.25. The number of nitrogens with one attached hydrogen (secondary N) is 2. The lowest BCUT2D eigenvalue weighted by Crippen LogP contribution is -2.42. The van der Waals surface area contributed by atoms with Crippen molar-refractivity contribution in [3.05, 3.63) is 18.0 Å². The van der Waals surface area contributed by atoms with E-state index in [-0.39, 0.29) is 5.69 Å². The SMILES string of the molecule is O=C(O)C[C@@H](NC(=O)c1ccn[nH]1)C(=O)O. The van der Waals surface area contributed by atoms with Crippen LogP contribution in [0, 0.1) is 0 Å². The molecule has 0 aliphatic carbocycles. The molecule has 86 valence electrons. The molecule has 1 aromatic heterocycles. The van der Waals surface area contributed by atoms with Crippen molar-refractivity contribution in [1.82, 2.24) is 15.5 Å². The Bertz CT molecular complexity index is 400. The third-order valence-corrected chi connectivity index (χ3v) is 1.73. The van der Waals surface area contributed by atoms with Gasteiger partial charge in [-0.2, -0.15) is 5.10 Å². The molecule has 0 saturated carbocycles. The van der Waals surface area contributed by atoms with Crippen molar-refractivity contribution >= 4 is 17.8 Å². The second-order valence-corrected chi connectivity index (χ2v) is 2.93.